The molecule has 2 heterocycles. The highest BCUT2D eigenvalue weighted by Gasteiger charge is 2.30. The summed E-state index contributed by atoms with van der Waals surface area (Å²) in [6, 6.07) is 0.357. The first-order chi connectivity index (χ1) is 9.39. The smallest absolute Gasteiger partial charge is 0.410 e. The van der Waals surface area contributed by atoms with E-state index in [1.807, 2.05) is 20.8 Å². The molecule has 1 amide bonds. The fraction of sp³-hybridized carbons (Fsp3) is 0.643. The Hall–Kier alpha value is -1.85. The van der Waals surface area contributed by atoms with Crippen molar-refractivity contribution in [3.05, 3.63) is 18.0 Å². The molecule has 1 fully saturated rings. The predicted octanol–water partition coefficient (Wildman–Crippen LogP) is 2.21. The molecule has 0 aromatic carbocycles. The largest absolute Gasteiger partial charge is 0.467 e. The van der Waals surface area contributed by atoms with Gasteiger partial charge in [-0.05, 0) is 32.8 Å². The standard InChI is InChI=1S/C14H21N3O3/c1-14(2,3)20-13(18)17-6-5-10(9-17)11-7-15-12(19-4)16-8-11/h7-8,10H,5-6,9H2,1-4H3. The molecule has 6 heteroatoms. The lowest BCUT2D eigenvalue weighted by Crippen LogP contribution is -2.35. The Balaban J connectivity index is 1.96. The normalized spacial score (nSPS) is 19.0. The van der Waals surface area contributed by atoms with E-state index in [0.29, 0.717) is 19.1 Å². The molecule has 20 heavy (non-hydrogen) atoms. The number of hydrogen-bond donors (Lipinski definition) is 0. The third-order valence-corrected chi connectivity index (χ3v) is 3.14. The molecule has 1 saturated heterocycles. The molecule has 0 radical (unpaired) electrons. The molecule has 0 bridgehead atoms. The third kappa shape index (κ3) is 3.59. The van der Waals surface area contributed by atoms with Crippen LogP contribution in [-0.2, 0) is 4.74 Å². The van der Waals surface area contributed by atoms with Gasteiger partial charge in [-0.3, -0.25) is 0 Å². The second-order valence-corrected chi connectivity index (χ2v) is 5.92. The van der Waals surface area contributed by atoms with Gasteiger partial charge in [-0.25, -0.2) is 14.8 Å². The van der Waals surface area contributed by atoms with Crippen molar-refractivity contribution in [2.45, 2.75) is 38.7 Å². The van der Waals surface area contributed by atoms with Gasteiger partial charge in [0.15, 0.2) is 0 Å². The lowest BCUT2D eigenvalue weighted by atomic mass is 10.0. The average Bonchev–Trinajstić information content (AvgIpc) is 2.86. The quantitative estimate of drug-likeness (QED) is 0.830. The first-order valence-corrected chi connectivity index (χ1v) is 6.73. The van der Waals surface area contributed by atoms with E-state index in [1.54, 1.807) is 17.3 Å². The van der Waals surface area contributed by atoms with Crippen LogP contribution in [0.5, 0.6) is 6.01 Å². The summed E-state index contributed by atoms with van der Waals surface area (Å²) < 4.78 is 10.3. The van der Waals surface area contributed by atoms with Crippen LogP contribution in [0, 0.1) is 0 Å². The van der Waals surface area contributed by atoms with Crippen LogP contribution in [0.25, 0.3) is 0 Å². The van der Waals surface area contributed by atoms with Crippen molar-refractivity contribution in [2.24, 2.45) is 0 Å². The Bertz CT molecular complexity index is 468. The minimum Gasteiger partial charge on any atom is -0.467 e. The van der Waals surface area contributed by atoms with E-state index in [1.165, 1.54) is 7.11 Å². The zero-order chi connectivity index (χ0) is 14.8. The van der Waals surface area contributed by atoms with Gasteiger partial charge < -0.3 is 14.4 Å². The van der Waals surface area contributed by atoms with Crippen molar-refractivity contribution in [1.29, 1.82) is 0 Å². The molecule has 1 aromatic heterocycles. The van der Waals surface area contributed by atoms with E-state index in [-0.39, 0.29) is 12.0 Å². The number of rotatable bonds is 2. The van der Waals surface area contributed by atoms with Crippen LogP contribution in [0.1, 0.15) is 38.7 Å². The van der Waals surface area contributed by atoms with E-state index in [9.17, 15) is 4.79 Å². The van der Waals surface area contributed by atoms with Crippen molar-refractivity contribution in [3.63, 3.8) is 0 Å². The van der Waals surface area contributed by atoms with Gasteiger partial charge in [0.1, 0.15) is 5.60 Å². The van der Waals surface area contributed by atoms with Gasteiger partial charge in [-0.15, -0.1) is 0 Å². The summed E-state index contributed by atoms with van der Waals surface area (Å²) in [4.78, 5) is 21.9. The third-order valence-electron chi connectivity index (χ3n) is 3.14. The molecular weight excluding hydrogens is 258 g/mol. The van der Waals surface area contributed by atoms with E-state index in [0.717, 1.165) is 12.0 Å². The van der Waals surface area contributed by atoms with Crippen LogP contribution >= 0.6 is 0 Å². The van der Waals surface area contributed by atoms with E-state index in [4.69, 9.17) is 9.47 Å². The molecule has 0 N–H and O–H groups in total. The molecule has 0 spiro atoms. The number of amides is 1. The topological polar surface area (TPSA) is 64.5 Å². The fourth-order valence-corrected chi connectivity index (χ4v) is 2.17. The number of carbonyl (C=O) groups excluding carboxylic acids is 1. The van der Waals surface area contributed by atoms with Gasteiger partial charge in [-0.1, -0.05) is 0 Å². The molecule has 1 aliphatic heterocycles. The van der Waals surface area contributed by atoms with E-state index >= 15 is 0 Å². The second-order valence-electron chi connectivity index (χ2n) is 5.92. The Morgan fingerprint density at radius 1 is 1.35 bits per heavy atom. The summed E-state index contributed by atoms with van der Waals surface area (Å²) >= 11 is 0. The molecular formula is C14H21N3O3. The maximum atomic E-state index is 12.0. The number of hydrogen-bond acceptors (Lipinski definition) is 5. The number of ether oxygens (including phenoxy) is 2. The minimum absolute atomic E-state index is 0.255. The SMILES string of the molecule is COc1ncc(C2CCN(C(=O)OC(C)(C)C)C2)cn1. The maximum absolute atomic E-state index is 12.0. The van der Waals surface area contributed by atoms with Crippen LogP contribution in [-0.4, -0.2) is 46.8 Å². The molecule has 0 aliphatic carbocycles. The Labute approximate surface area is 119 Å². The first-order valence-electron chi connectivity index (χ1n) is 6.73. The molecule has 6 nitrogen and oxygen atoms in total. The molecule has 2 rings (SSSR count). The number of nitrogens with zero attached hydrogens (tertiary/aromatic N) is 3. The number of methoxy groups -OCH3 is 1. The summed E-state index contributed by atoms with van der Waals surface area (Å²) in [5, 5.41) is 0. The average molecular weight is 279 g/mol. The summed E-state index contributed by atoms with van der Waals surface area (Å²) in [7, 11) is 1.54. The van der Waals surface area contributed by atoms with E-state index < -0.39 is 5.60 Å². The minimum atomic E-state index is -0.460. The fourth-order valence-electron chi connectivity index (χ4n) is 2.17. The van der Waals surface area contributed by atoms with Gasteiger partial charge in [0.05, 0.1) is 7.11 Å². The van der Waals surface area contributed by atoms with Crippen molar-refractivity contribution in [1.82, 2.24) is 14.9 Å². The lowest BCUT2D eigenvalue weighted by molar-refractivity contribution is 0.0292. The van der Waals surface area contributed by atoms with Crippen molar-refractivity contribution < 1.29 is 14.3 Å². The van der Waals surface area contributed by atoms with Crippen LogP contribution in [0.2, 0.25) is 0 Å². The van der Waals surface area contributed by atoms with Gasteiger partial charge >= 0.3 is 12.1 Å². The van der Waals surface area contributed by atoms with Crippen molar-refractivity contribution >= 4 is 6.09 Å². The highest BCUT2D eigenvalue weighted by Crippen LogP contribution is 2.27. The lowest BCUT2D eigenvalue weighted by Gasteiger charge is -2.24. The van der Waals surface area contributed by atoms with Crippen LogP contribution < -0.4 is 4.74 Å². The molecule has 1 aliphatic rings. The Morgan fingerprint density at radius 3 is 2.55 bits per heavy atom. The van der Waals surface area contributed by atoms with E-state index in [2.05, 4.69) is 9.97 Å². The monoisotopic (exact) mass is 279 g/mol. The van der Waals surface area contributed by atoms with Gasteiger partial charge in [-0.2, -0.15) is 0 Å². The summed E-state index contributed by atoms with van der Waals surface area (Å²) in [6.07, 6.45) is 4.16. The Kier molecular flexibility index (Phi) is 4.11. The summed E-state index contributed by atoms with van der Waals surface area (Å²) in [5.41, 5.74) is 0.565. The summed E-state index contributed by atoms with van der Waals surface area (Å²) in [5.74, 6) is 0.258. The number of carbonyl (C=O) groups is 1. The highest BCUT2D eigenvalue weighted by atomic mass is 16.6. The highest BCUT2D eigenvalue weighted by molar-refractivity contribution is 5.68. The van der Waals surface area contributed by atoms with Crippen molar-refractivity contribution in [2.75, 3.05) is 20.2 Å². The van der Waals surface area contributed by atoms with Crippen LogP contribution in [0.15, 0.2) is 12.4 Å². The van der Waals surface area contributed by atoms with Gasteiger partial charge in [0.25, 0.3) is 0 Å². The van der Waals surface area contributed by atoms with Gasteiger partial charge in [0.2, 0.25) is 0 Å². The zero-order valence-electron chi connectivity index (χ0n) is 12.4. The molecule has 1 aromatic rings. The van der Waals surface area contributed by atoms with Crippen LogP contribution in [0.4, 0.5) is 4.79 Å². The van der Waals surface area contributed by atoms with Crippen LogP contribution in [0.3, 0.4) is 0 Å². The zero-order valence-corrected chi connectivity index (χ0v) is 12.4. The molecule has 1 atom stereocenters. The number of aromatic nitrogens is 2. The Morgan fingerprint density at radius 2 is 2.00 bits per heavy atom. The van der Waals surface area contributed by atoms with Gasteiger partial charge in [0, 0.05) is 31.4 Å². The molecule has 110 valence electrons. The molecule has 0 saturated carbocycles. The number of likely N-dealkylation sites (tertiary alicyclic amines) is 1. The maximum Gasteiger partial charge on any atom is 0.410 e. The predicted molar refractivity (Wildman–Crippen MR) is 73.7 cm³/mol. The second kappa shape index (κ2) is 5.64. The summed E-state index contributed by atoms with van der Waals surface area (Å²) in [6.45, 7) is 6.96. The van der Waals surface area contributed by atoms with Crippen molar-refractivity contribution in [3.8, 4) is 6.01 Å². The first kappa shape index (κ1) is 14.6. The molecule has 1 unspecified atom stereocenters.